The predicted molar refractivity (Wildman–Crippen MR) is 84.1 cm³/mol. The van der Waals surface area contributed by atoms with Gasteiger partial charge in [-0.15, -0.1) is 0 Å². The normalized spacial score (nSPS) is 41.6. The summed E-state index contributed by atoms with van der Waals surface area (Å²) in [7, 11) is 0. The molecule has 1 spiro atoms. The lowest BCUT2D eigenvalue weighted by Crippen LogP contribution is -2.53. The van der Waals surface area contributed by atoms with Crippen LogP contribution in [0.3, 0.4) is 0 Å². The summed E-state index contributed by atoms with van der Waals surface area (Å²) in [5, 5.41) is 10.1. The summed E-state index contributed by atoms with van der Waals surface area (Å²) < 4.78 is 0. The van der Waals surface area contributed by atoms with Crippen LogP contribution < -0.4 is 0 Å². The molecule has 0 heterocycles. The standard InChI is InChI=1S/C15H20Br2O/c1-10-8-12(18)13(17)14(2,3)15(10)6-4-11(9-16)5-7-15/h4,6,9,12-13,18H,1,5,7-8H2,2-3H3/b11-9-/t12-,13-,15?/m0/s1. The van der Waals surface area contributed by atoms with E-state index in [0.717, 1.165) is 12.8 Å². The van der Waals surface area contributed by atoms with E-state index in [1.807, 2.05) is 4.99 Å². The van der Waals surface area contributed by atoms with E-state index in [1.165, 1.54) is 11.1 Å². The third-order valence-electron chi connectivity index (χ3n) is 4.79. The van der Waals surface area contributed by atoms with Crippen molar-refractivity contribution < 1.29 is 5.11 Å². The molecule has 0 aromatic rings. The Labute approximate surface area is 126 Å². The molecule has 18 heavy (non-hydrogen) atoms. The zero-order chi connectivity index (χ0) is 13.6. The van der Waals surface area contributed by atoms with Crippen LogP contribution in [-0.2, 0) is 0 Å². The molecule has 1 nitrogen and oxygen atoms in total. The first-order valence-electron chi connectivity index (χ1n) is 6.34. The Kier molecular flexibility index (Phi) is 3.97. The molecule has 0 radical (unpaired) electrons. The van der Waals surface area contributed by atoms with Gasteiger partial charge in [0, 0.05) is 10.2 Å². The molecule has 2 aliphatic carbocycles. The van der Waals surface area contributed by atoms with Crippen LogP contribution in [0.1, 0.15) is 33.1 Å². The van der Waals surface area contributed by atoms with Gasteiger partial charge in [0.1, 0.15) is 0 Å². The van der Waals surface area contributed by atoms with Gasteiger partial charge in [-0.25, -0.2) is 0 Å². The molecule has 1 saturated carbocycles. The summed E-state index contributed by atoms with van der Waals surface area (Å²) >= 11 is 7.10. The average Bonchev–Trinajstić information content (AvgIpc) is 2.35. The molecular formula is C15H20Br2O. The van der Waals surface area contributed by atoms with Crippen LogP contribution in [-0.4, -0.2) is 16.0 Å². The lowest BCUT2D eigenvalue weighted by atomic mass is 9.52. The first kappa shape index (κ1) is 14.5. The Hall–Kier alpha value is 0.140. The molecule has 3 heteroatoms. The maximum Gasteiger partial charge on any atom is 0.0708 e. The molecule has 1 unspecified atom stereocenters. The second kappa shape index (κ2) is 4.92. The predicted octanol–water partition coefficient (Wildman–Crippen LogP) is 4.71. The van der Waals surface area contributed by atoms with E-state index in [9.17, 15) is 5.11 Å². The Morgan fingerprint density at radius 3 is 2.67 bits per heavy atom. The van der Waals surface area contributed by atoms with Crippen LogP contribution in [0.15, 0.2) is 34.9 Å². The van der Waals surface area contributed by atoms with Crippen LogP contribution in [0, 0.1) is 10.8 Å². The van der Waals surface area contributed by atoms with Crippen LogP contribution in [0.2, 0.25) is 0 Å². The van der Waals surface area contributed by atoms with Crippen molar-refractivity contribution in [2.75, 3.05) is 0 Å². The van der Waals surface area contributed by atoms with Crippen LogP contribution in [0.4, 0.5) is 0 Å². The van der Waals surface area contributed by atoms with Gasteiger partial charge in [0.2, 0.25) is 0 Å². The molecule has 3 atom stereocenters. The molecule has 0 bridgehead atoms. The molecular weight excluding hydrogens is 356 g/mol. The van der Waals surface area contributed by atoms with Crippen LogP contribution in [0.25, 0.3) is 0 Å². The highest BCUT2D eigenvalue weighted by molar-refractivity contribution is 9.11. The van der Waals surface area contributed by atoms with Crippen molar-refractivity contribution in [3.05, 3.63) is 34.9 Å². The van der Waals surface area contributed by atoms with Gasteiger partial charge in [-0.3, -0.25) is 0 Å². The Balaban J connectivity index is 2.45. The van der Waals surface area contributed by atoms with E-state index in [4.69, 9.17) is 0 Å². The minimum atomic E-state index is -0.334. The third-order valence-corrected chi connectivity index (χ3v) is 7.14. The zero-order valence-electron chi connectivity index (χ0n) is 10.9. The van der Waals surface area contributed by atoms with Crippen molar-refractivity contribution in [2.45, 2.75) is 44.0 Å². The fourth-order valence-corrected chi connectivity index (χ4v) is 4.38. The first-order chi connectivity index (χ1) is 8.35. The molecule has 0 aromatic heterocycles. The highest BCUT2D eigenvalue weighted by Crippen LogP contribution is 2.60. The molecule has 0 aromatic carbocycles. The van der Waals surface area contributed by atoms with E-state index < -0.39 is 0 Å². The van der Waals surface area contributed by atoms with Crippen molar-refractivity contribution >= 4 is 31.9 Å². The fraction of sp³-hybridized carbons (Fsp3) is 0.600. The van der Waals surface area contributed by atoms with E-state index in [2.05, 4.69) is 64.4 Å². The molecule has 2 aliphatic rings. The van der Waals surface area contributed by atoms with Crippen molar-refractivity contribution in [3.63, 3.8) is 0 Å². The lowest BCUT2D eigenvalue weighted by molar-refractivity contribution is 0.0288. The second-order valence-corrected chi connectivity index (χ2v) is 7.43. The highest BCUT2D eigenvalue weighted by Gasteiger charge is 2.54. The number of alkyl halides is 1. The van der Waals surface area contributed by atoms with E-state index in [-0.39, 0.29) is 21.8 Å². The third kappa shape index (κ3) is 1.99. The topological polar surface area (TPSA) is 20.2 Å². The molecule has 100 valence electrons. The quantitative estimate of drug-likeness (QED) is 0.480. The molecule has 1 fully saturated rings. The SMILES string of the molecule is C=C1C[C@H](O)[C@H](Br)C(C)(C)C12C=C/C(=C/Br)CC2. The molecule has 0 saturated heterocycles. The van der Waals surface area contributed by atoms with Gasteiger partial charge in [-0.05, 0) is 35.2 Å². The number of hydrogen-bond acceptors (Lipinski definition) is 1. The summed E-state index contributed by atoms with van der Waals surface area (Å²) in [5.41, 5.74) is 2.46. The molecule has 0 aliphatic heterocycles. The van der Waals surface area contributed by atoms with E-state index >= 15 is 0 Å². The van der Waals surface area contributed by atoms with Crippen molar-refractivity contribution in [2.24, 2.45) is 10.8 Å². The summed E-state index contributed by atoms with van der Waals surface area (Å²) in [5.74, 6) is 0. The van der Waals surface area contributed by atoms with Crippen molar-refractivity contribution in [1.82, 2.24) is 0 Å². The fourth-order valence-electron chi connectivity index (χ4n) is 3.40. The van der Waals surface area contributed by atoms with Gasteiger partial charge in [0.15, 0.2) is 0 Å². The lowest BCUT2D eigenvalue weighted by Gasteiger charge is -2.55. The monoisotopic (exact) mass is 374 g/mol. The zero-order valence-corrected chi connectivity index (χ0v) is 14.1. The number of aliphatic hydroxyl groups is 1. The maximum atomic E-state index is 10.1. The van der Waals surface area contributed by atoms with Gasteiger partial charge in [-0.1, -0.05) is 70.0 Å². The number of halogens is 2. The molecule has 0 amide bonds. The summed E-state index contributed by atoms with van der Waals surface area (Å²) in [4.78, 5) is 2.10. The second-order valence-electron chi connectivity index (χ2n) is 5.99. The first-order valence-corrected chi connectivity index (χ1v) is 8.17. The Bertz CT molecular complexity index is 422. The van der Waals surface area contributed by atoms with E-state index in [0.29, 0.717) is 6.42 Å². The number of allylic oxidation sites excluding steroid dienone is 3. The average molecular weight is 376 g/mol. The van der Waals surface area contributed by atoms with Gasteiger partial charge in [-0.2, -0.15) is 0 Å². The van der Waals surface area contributed by atoms with Crippen molar-refractivity contribution in [3.8, 4) is 0 Å². The summed E-state index contributed by atoms with van der Waals surface area (Å²) in [6.07, 6.45) is 6.98. The van der Waals surface area contributed by atoms with Crippen molar-refractivity contribution in [1.29, 1.82) is 0 Å². The number of rotatable bonds is 0. The molecule has 2 rings (SSSR count). The highest BCUT2D eigenvalue weighted by atomic mass is 79.9. The van der Waals surface area contributed by atoms with Gasteiger partial charge in [0.25, 0.3) is 0 Å². The van der Waals surface area contributed by atoms with Gasteiger partial charge < -0.3 is 5.11 Å². The van der Waals surface area contributed by atoms with Gasteiger partial charge >= 0.3 is 0 Å². The minimum absolute atomic E-state index is 0.0000926. The Morgan fingerprint density at radius 2 is 2.17 bits per heavy atom. The van der Waals surface area contributed by atoms with E-state index in [1.54, 1.807) is 0 Å². The minimum Gasteiger partial charge on any atom is -0.392 e. The maximum absolute atomic E-state index is 10.1. The van der Waals surface area contributed by atoms with Crippen LogP contribution >= 0.6 is 31.9 Å². The summed E-state index contributed by atoms with van der Waals surface area (Å²) in [6, 6.07) is 0. The number of hydrogen-bond donors (Lipinski definition) is 1. The largest absolute Gasteiger partial charge is 0.392 e. The van der Waals surface area contributed by atoms with Crippen LogP contribution in [0.5, 0.6) is 0 Å². The van der Waals surface area contributed by atoms with Gasteiger partial charge in [0.05, 0.1) is 6.10 Å². The Morgan fingerprint density at radius 1 is 1.50 bits per heavy atom. The summed E-state index contributed by atoms with van der Waals surface area (Å²) in [6.45, 7) is 8.72. The molecule has 1 N–H and O–H groups in total. The number of aliphatic hydroxyl groups excluding tert-OH is 1. The smallest absolute Gasteiger partial charge is 0.0708 e.